The summed E-state index contributed by atoms with van der Waals surface area (Å²) in [6.07, 6.45) is 8.35. The number of carbonyl (C=O) groups excluding carboxylic acids is 2. The third kappa shape index (κ3) is 7.29. The zero-order valence-corrected chi connectivity index (χ0v) is 16.4. The van der Waals surface area contributed by atoms with Crippen LogP contribution in [0, 0.1) is 16.0 Å². The summed E-state index contributed by atoms with van der Waals surface area (Å²) in [5, 5.41) is 10.7. The number of carbonyl (C=O) groups is 2. The van der Waals surface area contributed by atoms with Crippen molar-refractivity contribution in [2.45, 2.75) is 77.2 Å². The first-order valence-corrected chi connectivity index (χ1v) is 10.1. The predicted octanol–water partition coefficient (Wildman–Crippen LogP) is 4.96. The van der Waals surface area contributed by atoms with Gasteiger partial charge in [-0.2, -0.15) is 0 Å². The second-order valence-corrected chi connectivity index (χ2v) is 7.30. The predicted molar refractivity (Wildman–Crippen MR) is 104 cm³/mol. The molecule has 0 spiro atoms. The van der Waals surface area contributed by atoms with Gasteiger partial charge in [0.15, 0.2) is 0 Å². The van der Waals surface area contributed by atoms with Crippen LogP contribution in [0.15, 0.2) is 24.3 Å². The Bertz CT molecular complexity index is 649. The van der Waals surface area contributed by atoms with E-state index in [1.54, 1.807) is 0 Å². The first-order chi connectivity index (χ1) is 13.5. The van der Waals surface area contributed by atoms with Crippen LogP contribution in [0.2, 0.25) is 0 Å². The summed E-state index contributed by atoms with van der Waals surface area (Å²) in [6, 6.07) is 5.45. The van der Waals surface area contributed by atoms with E-state index in [9.17, 15) is 19.7 Å². The number of nitro groups is 1. The van der Waals surface area contributed by atoms with Gasteiger partial charge in [-0.25, -0.2) is 0 Å². The fraction of sp³-hybridized carbons (Fsp3) is 0.619. The van der Waals surface area contributed by atoms with Crippen molar-refractivity contribution >= 4 is 17.6 Å². The van der Waals surface area contributed by atoms with Gasteiger partial charge in [0.1, 0.15) is 11.9 Å². The summed E-state index contributed by atoms with van der Waals surface area (Å²) in [4.78, 5) is 34.3. The molecule has 7 heteroatoms. The maximum Gasteiger partial charge on any atom is 0.314 e. The van der Waals surface area contributed by atoms with Gasteiger partial charge in [0.05, 0.1) is 10.8 Å². The SMILES string of the molecule is CCCCCCCC(=O)O[C@H]1CC[C@H](C(=O)Oc2ccc([N+](=O)[O-])cc2)CC1. The maximum absolute atomic E-state index is 12.3. The van der Waals surface area contributed by atoms with Crippen LogP contribution in [0.5, 0.6) is 5.75 Å². The molecular formula is C21H29NO6. The minimum Gasteiger partial charge on any atom is -0.462 e. The van der Waals surface area contributed by atoms with Gasteiger partial charge < -0.3 is 9.47 Å². The molecule has 0 amide bonds. The molecule has 1 aromatic carbocycles. The van der Waals surface area contributed by atoms with Crippen LogP contribution in [0.3, 0.4) is 0 Å². The lowest BCUT2D eigenvalue weighted by Gasteiger charge is -2.27. The van der Waals surface area contributed by atoms with Crippen molar-refractivity contribution in [2.24, 2.45) is 5.92 Å². The number of nitrogens with zero attached hydrogens (tertiary/aromatic N) is 1. The second kappa shape index (κ2) is 11.4. The number of ether oxygens (including phenoxy) is 2. The first-order valence-electron chi connectivity index (χ1n) is 10.1. The Balaban J connectivity index is 1.67. The number of benzene rings is 1. The van der Waals surface area contributed by atoms with Crippen LogP contribution in [-0.4, -0.2) is 23.0 Å². The number of non-ortho nitro benzene ring substituents is 1. The lowest BCUT2D eigenvalue weighted by atomic mass is 9.87. The molecule has 0 bridgehead atoms. The number of rotatable bonds is 10. The summed E-state index contributed by atoms with van der Waals surface area (Å²) in [5.41, 5.74) is -0.0486. The summed E-state index contributed by atoms with van der Waals surface area (Å²) in [6.45, 7) is 2.16. The minimum absolute atomic E-state index is 0.0486. The van der Waals surface area contributed by atoms with Crippen LogP contribution in [0.25, 0.3) is 0 Å². The highest BCUT2D eigenvalue weighted by Gasteiger charge is 2.29. The summed E-state index contributed by atoms with van der Waals surface area (Å²) in [7, 11) is 0. The second-order valence-electron chi connectivity index (χ2n) is 7.30. The van der Waals surface area contributed by atoms with Crippen LogP contribution >= 0.6 is 0 Å². The fourth-order valence-electron chi connectivity index (χ4n) is 3.37. The molecule has 1 saturated carbocycles. The van der Waals surface area contributed by atoms with Crippen LogP contribution in [0.1, 0.15) is 71.1 Å². The lowest BCUT2D eigenvalue weighted by Crippen LogP contribution is -2.30. The topological polar surface area (TPSA) is 95.7 Å². The van der Waals surface area contributed by atoms with Crippen molar-refractivity contribution in [3.05, 3.63) is 34.4 Å². The monoisotopic (exact) mass is 391 g/mol. The molecule has 1 aromatic rings. The molecule has 0 atom stereocenters. The third-order valence-corrected chi connectivity index (χ3v) is 5.06. The van der Waals surface area contributed by atoms with E-state index in [4.69, 9.17) is 9.47 Å². The zero-order valence-electron chi connectivity index (χ0n) is 16.4. The number of nitro benzene ring substituents is 1. The Morgan fingerprint density at radius 2 is 1.68 bits per heavy atom. The van der Waals surface area contributed by atoms with E-state index in [0.717, 1.165) is 19.3 Å². The lowest BCUT2D eigenvalue weighted by molar-refractivity contribution is -0.384. The van der Waals surface area contributed by atoms with Gasteiger partial charge in [-0.15, -0.1) is 0 Å². The Labute approximate surface area is 165 Å². The summed E-state index contributed by atoms with van der Waals surface area (Å²) < 4.78 is 10.8. The number of hydrogen-bond donors (Lipinski definition) is 0. The van der Waals surface area contributed by atoms with E-state index in [2.05, 4.69) is 6.92 Å². The molecule has 0 aliphatic heterocycles. The number of esters is 2. The molecule has 7 nitrogen and oxygen atoms in total. The van der Waals surface area contributed by atoms with Crippen LogP contribution < -0.4 is 4.74 Å². The van der Waals surface area contributed by atoms with E-state index in [0.29, 0.717) is 37.9 Å². The number of hydrogen-bond acceptors (Lipinski definition) is 6. The molecule has 2 rings (SSSR count). The third-order valence-electron chi connectivity index (χ3n) is 5.06. The Kier molecular flexibility index (Phi) is 8.91. The average molecular weight is 391 g/mol. The fourth-order valence-corrected chi connectivity index (χ4v) is 3.37. The molecule has 0 N–H and O–H groups in total. The van der Waals surface area contributed by atoms with Gasteiger partial charge in [0.25, 0.3) is 5.69 Å². The first kappa shape index (κ1) is 21.9. The van der Waals surface area contributed by atoms with Gasteiger partial charge >= 0.3 is 11.9 Å². The molecule has 154 valence electrons. The van der Waals surface area contributed by atoms with Crippen molar-refractivity contribution in [1.29, 1.82) is 0 Å². The highest BCUT2D eigenvalue weighted by atomic mass is 16.6. The molecule has 1 aliphatic rings. The highest BCUT2D eigenvalue weighted by Crippen LogP contribution is 2.28. The van der Waals surface area contributed by atoms with Crippen molar-refractivity contribution in [2.75, 3.05) is 0 Å². The molecule has 0 unspecified atom stereocenters. The Morgan fingerprint density at radius 1 is 1.04 bits per heavy atom. The molecule has 0 heterocycles. The smallest absolute Gasteiger partial charge is 0.314 e. The number of unbranched alkanes of at least 4 members (excludes halogenated alkanes) is 4. The molecule has 1 aliphatic carbocycles. The van der Waals surface area contributed by atoms with Gasteiger partial charge in [-0.1, -0.05) is 32.6 Å². The van der Waals surface area contributed by atoms with E-state index in [1.807, 2.05) is 0 Å². The van der Waals surface area contributed by atoms with Crippen molar-refractivity contribution in [3.63, 3.8) is 0 Å². The van der Waals surface area contributed by atoms with E-state index < -0.39 is 4.92 Å². The van der Waals surface area contributed by atoms with Gasteiger partial charge in [0, 0.05) is 18.6 Å². The zero-order chi connectivity index (χ0) is 20.4. The minimum atomic E-state index is -0.501. The largest absolute Gasteiger partial charge is 0.462 e. The van der Waals surface area contributed by atoms with Crippen LogP contribution in [-0.2, 0) is 14.3 Å². The van der Waals surface area contributed by atoms with E-state index in [-0.39, 0.29) is 29.6 Å². The quantitative estimate of drug-likeness (QED) is 0.184. The standard InChI is InChI=1S/C21H29NO6/c1-2-3-4-5-6-7-20(23)27-18-12-8-16(9-13-18)21(24)28-19-14-10-17(11-15-19)22(25)26/h10-11,14-16,18H,2-9,12-13H2,1H3/t16-,18-. The Hall–Kier alpha value is -2.44. The molecule has 0 saturated heterocycles. The Morgan fingerprint density at radius 3 is 2.29 bits per heavy atom. The highest BCUT2D eigenvalue weighted by molar-refractivity contribution is 5.75. The average Bonchev–Trinajstić information content (AvgIpc) is 2.68. The van der Waals surface area contributed by atoms with Crippen molar-refractivity contribution in [3.8, 4) is 5.75 Å². The molecule has 28 heavy (non-hydrogen) atoms. The molecule has 0 aromatic heterocycles. The van der Waals surface area contributed by atoms with Gasteiger partial charge in [-0.05, 0) is 44.2 Å². The molecule has 0 radical (unpaired) electrons. The van der Waals surface area contributed by atoms with Gasteiger partial charge in [0.2, 0.25) is 0 Å². The molecular weight excluding hydrogens is 362 g/mol. The van der Waals surface area contributed by atoms with Gasteiger partial charge in [-0.3, -0.25) is 19.7 Å². The summed E-state index contributed by atoms with van der Waals surface area (Å²) >= 11 is 0. The normalized spacial score (nSPS) is 19.0. The van der Waals surface area contributed by atoms with E-state index in [1.165, 1.54) is 37.1 Å². The molecule has 1 fully saturated rings. The van der Waals surface area contributed by atoms with Crippen LogP contribution in [0.4, 0.5) is 5.69 Å². The maximum atomic E-state index is 12.3. The van der Waals surface area contributed by atoms with Crippen molar-refractivity contribution < 1.29 is 24.0 Å². The summed E-state index contributed by atoms with van der Waals surface area (Å²) in [5.74, 6) is -0.422. The van der Waals surface area contributed by atoms with E-state index >= 15 is 0 Å². The van der Waals surface area contributed by atoms with Crippen molar-refractivity contribution in [1.82, 2.24) is 0 Å².